The van der Waals surface area contributed by atoms with Gasteiger partial charge in [0.2, 0.25) is 0 Å². The van der Waals surface area contributed by atoms with Crippen LogP contribution in [0.2, 0.25) is 5.02 Å². The Hall–Kier alpha value is -2.06. The number of nitrogens with one attached hydrogen (secondary N) is 1. The van der Waals surface area contributed by atoms with Crippen LogP contribution in [0.4, 0.5) is 0 Å². The van der Waals surface area contributed by atoms with E-state index < -0.39 is 0 Å². The molecule has 1 aliphatic rings. The Kier molecular flexibility index (Phi) is 4.27. The molecule has 0 amide bonds. The zero-order valence-corrected chi connectivity index (χ0v) is 14.4. The third kappa shape index (κ3) is 2.79. The summed E-state index contributed by atoms with van der Waals surface area (Å²) in [6, 6.07) is 13.7. The Morgan fingerprint density at radius 2 is 1.87 bits per heavy atom. The van der Waals surface area contributed by atoms with Crippen molar-refractivity contribution in [2.75, 3.05) is 7.05 Å². The lowest BCUT2D eigenvalue weighted by atomic mass is 9.90. The molecule has 0 aliphatic heterocycles. The van der Waals surface area contributed by atoms with E-state index in [2.05, 4.69) is 25.2 Å². The van der Waals surface area contributed by atoms with Crippen molar-refractivity contribution in [2.45, 2.75) is 26.2 Å². The number of hydrogen-bond acceptors (Lipinski definition) is 2. The lowest BCUT2D eigenvalue weighted by Crippen LogP contribution is -2.09. The minimum Gasteiger partial charge on any atom is -0.391 e. The number of halogens is 1. The van der Waals surface area contributed by atoms with E-state index in [1.165, 1.54) is 5.56 Å². The first-order valence-electron chi connectivity index (χ1n) is 7.80. The first kappa shape index (κ1) is 15.8. The Balaban J connectivity index is 2.06. The topological polar surface area (TPSA) is 29.1 Å². The monoisotopic (exact) mass is 325 g/mol. The van der Waals surface area contributed by atoms with Crippen LogP contribution in [0.5, 0.6) is 0 Å². The van der Waals surface area contributed by atoms with Crippen molar-refractivity contribution in [3.8, 4) is 0 Å². The second kappa shape index (κ2) is 6.21. The van der Waals surface area contributed by atoms with Crippen LogP contribution in [0.15, 0.2) is 48.2 Å². The number of benzene rings is 2. The van der Waals surface area contributed by atoms with Gasteiger partial charge in [0, 0.05) is 29.8 Å². The number of rotatable bonds is 3. The molecule has 0 bridgehead atoms. The van der Waals surface area contributed by atoms with Crippen molar-refractivity contribution in [1.29, 1.82) is 0 Å². The van der Waals surface area contributed by atoms with Crippen molar-refractivity contribution in [2.24, 2.45) is 0 Å². The molecule has 118 valence electrons. The molecule has 1 aliphatic carbocycles. The van der Waals surface area contributed by atoms with E-state index in [1.807, 2.05) is 43.4 Å². The van der Waals surface area contributed by atoms with E-state index in [1.54, 1.807) is 0 Å². The highest BCUT2D eigenvalue weighted by Gasteiger charge is 2.35. The Bertz CT molecular complexity index is 807. The van der Waals surface area contributed by atoms with Gasteiger partial charge in [0.15, 0.2) is 5.78 Å². The number of allylic oxidation sites excluding steroid dienone is 2. The summed E-state index contributed by atoms with van der Waals surface area (Å²) in [5.41, 5.74) is 6.20. The molecule has 2 aromatic carbocycles. The van der Waals surface area contributed by atoms with Crippen molar-refractivity contribution in [3.05, 3.63) is 75.4 Å². The molecule has 0 saturated heterocycles. The smallest absolute Gasteiger partial charge is 0.173 e. The van der Waals surface area contributed by atoms with Gasteiger partial charge in [-0.05, 0) is 48.2 Å². The maximum Gasteiger partial charge on any atom is 0.173 e. The van der Waals surface area contributed by atoms with Gasteiger partial charge in [0.25, 0.3) is 0 Å². The number of ketones is 1. The quantitative estimate of drug-likeness (QED) is 0.890. The minimum absolute atomic E-state index is 0.161. The fourth-order valence-corrected chi connectivity index (χ4v) is 3.46. The first-order chi connectivity index (χ1) is 11.0. The van der Waals surface area contributed by atoms with Crippen LogP contribution in [0, 0.1) is 13.8 Å². The molecular formula is C20H20ClNO. The van der Waals surface area contributed by atoms with E-state index in [4.69, 9.17) is 11.6 Å². The molecule has 0 spiro atoms. The molecule has 0 aromatic heterocycles. The van der Waals surface area contributed by atoms with Crippen LogP contribution in [0.3, 0.4) is 0 Å². The van der Waals surface area contributed by atoms with Crippen molar-refractivity contribution in [1.82, 2.24) is 5.32 Å². The summed E-state index contributed by atoms with van der Waals surface area (Å²) in [5.74, 6) is 0.0105. The summed E-state index contributed by atoms with van der Waals surface area (Å²) >= 11 is 6.10. The predicted octanol–water partition coefficient (Wildman–Crippen LogP) is 4.64. The normalized spacial score (nSPS) is 17.7. The fraction of sp³-hybridized carbons (Fsp3) is 0.250. The minimum atomic E-state index is -0.161. The molecule has 0 fully saturated rings. The van der Waals surface area contributed by atoms with Gasteiger partial charge in [-0.15, -0.1) is 0 Å². The first-order valence-corrected chi connectivity index (χ1v) is 8.18. The second-order valence-electron chi connectivity index (χ2n) is 6.03. The summed E-state index contributed by atoms with van der Waals surface area (Å²) < 4.78 is 0. The summed E-state index contributed by atoms with van der Waals surface area (Å²) in [6.45, 7) is 4.15. The van der Waals surface area contributed by atoms with E-state index in [0.717, 1.165) is 28.0 Å². The zero-order chi connectivity index (χ0) is 16.6. The SMILES string of the molecule is CNC1=C(c2cccc(C)c2C)C(=O)C(c2cccc(Cl)c2)C1. The van der Waals surface area contributed by atoms with Gasteiger partial charge in [-0.1, -0.05) is 41.9 Å². The van der Waals surface area contributed by atoms with Crippen LogP contribution in [0.1, 0.15) is 34.6 Å². The fourth-order valence-electron chi connectivity index (χ4n) is 3.26. The number of Topliss-reactive ketones (excluding diaryl/α,β-unsaturated/α-hetero) is 1. The van der Waals surface area contributed by atoms with Gasteiger partial charge in [0.1, 0.15) is 0 Å². The number of aryl methyl sites for hydroxylation is 1. The molecule has 0 radical (unpaired) electrons. The zero-order valence-electron chi connectivity index (χ0n) is 13.6. The molecule has 1 N–H and O–H groups in total. The molecule has 2 nitrogen and oxygen atoms in total. The highest BCUT2D eigenvalue weighted by Crippen LogP contribution is 2.40. The summed E-state index contributed by atoms with van der Waals surface area (Å²) in [5, 5.41) is 3.90. The molecular weight excluding hydrogens is 306 g/mol. The number of carbonyl (C=O) groups is 1. The van der Waals surface area contributed by atoms with Crippen molar-refractivity contribution in [3.63, 3.8) is 0 Å². The lowest BCUT2D eigenvalue weighted by Gasteiger charge is -2.12. The standard InChI is InChI=1S/C20H20ClNO/c1-12-6-4-9-16(13(12)2)19-18(22-3)11-17(20(19)23)14-7-5-8-15(21)10-14/h4-10,17,22H,11H2,1-3H3. The second-order valence-corrected chi connectivity index (χ2v) is 6.46. The molecule has 1 atom stereocenters. The Labute approximate surface area is 142 Å². The molecule has 23 heavy (non-hydrogen) atoms. The van der Waals surface area contributed by atoms with Crippen LogP contribution in [0.25, 0.3) is 5.57 Å². The average Bonchev–Trinajstić information content (AvgIpc) is 2.87. The van der Waals surface area contributed by atoms with Crippen LogP contribution in [-0.4, -0.2) is 12.8 Å². The van der Waals surface area contributed by atoms with Gasteiger partial charge < -0.3 is 5.32 Å². The molecule has 0 saturated carbocycles. The third-order valence-electron chi connectivity index (χ3n) is 4.70. The predicted molar refractivity (Wildman–Crippen MR) is 95.7 cm³/mol. The highest BCUT2D eigenvalue weighted by molar-refractivity contribution is 6.31. The maximum atomic E-state index is 13.1. The van der Waals surface area contributed by atoms with Gasteiger partial charge in [-0.2, -0.15) is 0 Å². The number of carbonyl (C=O) groups excluding carboxylic acids is 1. The molecule has 1 unspecified atom stereocenters. The largest absolute Gasteiger partial charge is 0.391 e. The number of hydrogen-bond donors (Lipinski definition) is 1. The van der Waals surface area contributed by atoms with Gasteiger partial charge >= 0.3 is 0 Å². The van der Waals surface area contributed by atoms with Crippen molar-refractivity contribution < 1.29 is 4.79 Å². The van der Waals surface area contributed by atoms with E-state index in [-0.39, 0.29) is 11.7 Å². The summed E-state index contributed by atoms with van der Waals surface area (Å²) in [7, 11) is 1.88. The maximum absolute atomic E-state index is 13.1. The van der Waals surface area contributed by atoms with E-state index >= 15 is 0 Å². The Morgan fingerprint density at radius 3 is 2.57 bits per heavy atom. The average molecular weight is 326 g/mol. The Morgan fingerprint density at radius 1 is 1.13 bits per heavy atom. The van der Waals surface area contributed by atoms with Crippen LogP contribution in [-0.2, 0) is 4.79 Å². The van der Waals surface area contributed by atoms with Crippen LogP contribution < -0.4 is 5.32 Å². The van der Waals surface area contributed by atoms with Gasteiger partial charge in [0.05, 0.1) is 5.92 Å². The van der Waals surface area contributed by atoms with Gasteiger partial charge in [-0.3, -0.25) is 4.79 Å². The molecule has 3 rings (SSSR count). The lowest BCUT2D eigenvalue weighted by molar-refractivity contribution is -0.114. The van der Waals surface area contributed by atoms with Crippen LogP contribution >= 0.6 is 11.6 Å². The molecule has 2 aromatic rings. The molecule has 3 heteroatoms. The summed E-state index contributed by atoms with van der Waals surface area (Å²) in [6.07, 6.45) is 0.693. The third-order valence-corrected chi connectivity index (χ3v) is 4.93. The highest BCUT2D eigenvalue weighted by atomic mass is 35.5. The van der Waals surface area contributed by atoms with Gasteiger partial charge in [-0.25, -0.2) is 0 Å². The van der Waals surface area contributed by atoms with E-state index in [9.17, 15) is 4.79 Å². The summed E-state index contributed by atoms with van der Waals surface area (Å²) in [4.78, 5) is 13.1. The molecule has 0 heterocycles. The van der Waals surface area contributed by atoms with E-state index in [0.29, 0.717) is 11.4 Å². The van der Waals surface area contributed by atoms with Crippen molar-refractivity contribution >= 4 is 23.0 Å².